The Morgan fingerprint density at radius 2 is 2.13 bits per heavy atom. The van der Waals surface area contributed by atoms with Crippen molar-refractivity contribution in [3.05, 3.63) is 0 Å². The third kappa shape index (κ3) is 5.56. The Balaban J connectivity index is 1.97. The van der Waals surface area contributed by atoms with Crippen molar-refractivity contribution in [3.8, 4) is 0 Å². The van der Waals surface area contributed by atoms with Gasteiger partial charge in [-0.15, -0.1) is 0 Å². The molecule has 3 N–H and O–H groups in total. The van der Waals surface area contributed by atoms with E-state index in [2.05, 4.69) is 20.9 Å². The molecule has 0 bridgehead atoms. The van der Waals surface area contributed by atoms with Crippen molar-refractivity contribution in [2.45, 2.75) is 0 Å². The van der Waals surface area contributed by atoms with Crippen LogP contribution < -0.4 is 16.0 Å². The first-order valence-electron chi connectivity index (χ1n) is 5.26. The number of nitrogens with zero attached hydrogens (tertiary/aromatic N) is 1. The van der Waals surface area contributed by atoms with E-state index in [1.807, 2.05) is 0 Å². The number of urea groups is 1. The van der Waals surface area contributed by atoms with Crippen LogP contribution >= 0.6 is 0 Å². The lowest BCUT2D eigenvalue weighted by atomic mass is 10.3. The van der Waals surface area contributed by atoms with Gasteiger partial charge < -0.3 is 20.7 Å². The monoisotopic (exact) mass is 216 g/mol. The fourth-order valence-corrected chi connectivity index (χ4v) is 1.46. The third-order valence-electron chi connectivity index (χ3n) is 2.30. The number of carbonyl (C=O) groups excluding carboxylic acids is 1. The molecular weight excluding hydrogens is 196 g/mol. The van der Waals surface area contributed by atoms with Crippen molar-refractivity contribution >= 4 is 6.03 Å². The Morgan fingerprint density at radius 1 is 1.40 bits per heavy atom. The topological polar surface area (TPSA) is 65.6 Å². The Bertz CT molecular complexity index is 183. The second-order valence-corrected chi connectivity index (χ2v) is 3.46. The molecule has 2 amide bonds. The zero-order chi connectivity index (χ0) is 10.9. The number of nitrogens with one attached hydrogen (secondary N) is 3. The highest BCUT2D eigenvalue weighted by atomic mass is 16.5. The SMILES string of the molecule is COCNC(=O)NCCN1CCNCC1. The van der Waals surface area contributed by atoms with Crippen LogP contribution in [0.2, 0.25) is 0 Å². The molecule has 1 aliphatic rings. The fourth-order valence-electron chi connectivity index (χ4n) is 1.46. The first kappa shape index (κ1) is 12.2. The zero-order valence-corrected chi connectivity index (χ0v) is 9.21. The quantitative estimate of drug-likeness (QED) is 0.505. The highest BCUT2D eigenvalue weighted by molar-refractivity contribution is 5.73. The lowest BCUT2D eigenvalue weighted by molar-refractivity contribution is 0.171. The highest BCUT2D eigenvalue weighted by Crippen LogP contribution is 1.89. The standard InChI is InChI=1S/C9H20N4O2/c1-15-8-12-9(14)11-4-7-13-5-2-10-3-6-13/h10H,2-8H2,1H3,(H2,11,12,14). The van der Waals surface area contributed by atoms with Gasteiger partial charge in [0.2, 0.25) is 0 Å². The van der Waals surface area contributed by atoms with E-state index in [9.17, 15) is 4.79 Å². The Labute approximate surface area is 90.3 Å². The lowest BCUT2D eigenvalue weighted by Gasteiger charge is -2.27. The second-order valence-electron chi connectivity index (χ2n) is 3.46. The van der Waals surface area contributed by atoms with Gasteiger partial charge in [0.25, 0.3) is 0 Å². The molecule has 0 aromatic heterocycles. The molecule has 0 saturated carbocycles. The normalized spacial score (nSPS) is 17.4. The van der Waals surface area contributed by atoms with Crippen LogP contribution in [0.1, 0.15) is 0 Å². The lowest BCUT2D eigenvalue weighted by Crippen LogP contribution is -2.47. The third-order valence-corrected chi connectivity index (χ3v) is 2.30. The van der Waals surface area contributed by atoms with Gasteiger partial charge in [0.15, 0.2) is 0 Å². The minimum atomic E-state index is -0.174. The van der Waals surface area contributed by atoms with Crippen molar-refractivity contribution in [1.29, 1.82) is 0 Å². The molecule has 0 atom stereocenters. The Kier molecular flexibility index (Phi) is 6.06. The fraction of sp³-hybridized carbons (Fsp3) is 0.889. The van der Waals surface area contributed by atoms with Crippen molar-refractivity contribution in [2.24, 2.45) is 0 Å². The summed E-state index contributed by atoms with van der Waals surface area (Å²) < 4.78 is 4.72. The smallest absolute Gasteiger partial charge is 0.316 e. The average Bonchev–Trinajstić information content (AvgIpc) is 2.28. The maximum atomic E-state index is 11.1. The summed E-state index contributed by atoms with van der Waals surface area (Å²) in [6.07, 6.45) is 0. The van der Waals surface area contributed by atoms with Crippen molar-refractivity contribution in [2.75, 3.05) is 53.1 Å². The summed E-state index contributed by atoms with van der Waals surface area (Å²) in [4.78, 5) is 13.4. The molecule has 6 heteroatoms. The maximum absolute atomic E-state index is 11.1. The summed E-state index contributed by atoms with van der Waals surface area (Å²) in [5, 5.41) is 8.62. The Hall–Kier alpha value is -0.850. The van der Waals surface area contributed by atoms with Crippen LogP contribution in [-0.4, -0.2) is 64.0 Å². The molecule has 88 valence electrons. The second kappa shape index (κ2) is 7.44. The van der Waals surface area contributed by atoms with E-state index < -0.39 is 0 Å². The predicted molar refractivity (Wildman–Crippen MR) is 57.7 cm³/mol. The van der Waals surface area contributed by atoms with E-state index in [1.165, 1.54) is 0 Å². The van der Waals surface area contributed by atoms with Gasteiger partial charge in [-0.2, -0.15) is 0 Å². The summed E-state index contributed by atoms with van der Waals surface area (Å²) in [6.45, 7) is 6.02. The van der Waals surface area contributed by atoms with Crippen LogP contribution in [0.15, 0.2) is 0 Å². The molecule has 0 aromatic carbocycles. The maximum Gasteiger partial charge on any atom is 0.316 e. The van der Waals surface area contributed by atoms with Crippen molar-refractivity contribution < 1.29 is 9.53 Å². The molecule has 1 fully saturated rings. The molecule has 0 aliphatic carbocycles. The number of methoxy groups -OCH3 is 1. The van der Waals surface area contributed by atoms with Crippen LogP contribution in [0.5, 0.6) is 0 Å². The van der Waals surface area contributed by atoms with Gasteiger partial charge >= 0.3 is 6.03 Å². The van der Waals surface area contributed by atoms with Gasteiger partial charge in [0, 0.05) is 46.4 Å². The van der Waals surface area contributed by atoms with Gasteiger partial charge in [0.1, 0.15) is 6.73 Å². The van der Waals surface area contributed by atoms with Gasteiger partial charge in [0.05, 0.1) is 0 Å². The summed E-state index contributed by atoms with van der Waals surface area (Å²) in [6, 6.07) is -0.174. The molecule has 1 aliphatic heterocycles. The number of rotatable bonds is 5. The number of ether oxygens (including phenoxy) is 1. The van der Waals surface area contributed by atoms with E-state index in [0.29, 0.717) is 6.54 Å². The first-order valence-corrected chi connectivity index (χ1v) is 5.26. The molecule has 0 unspecified atom stereocenters. The number of hydrogen-bond acceptors (Lipinski definition) is 4. The molecule has 1 saturated heterocycles. The zero-order valence-electron chi connectivity index (χ0n) is 9.21. The molecule has 6 nitrogen and oxygen atoms in total. The average molecular weight is 216 g/mol. The van der Waals surface area contributed by atoms with Gasteiger partial charge in [-0.25, -0.2) is 4.79 Å². The molecule has 0 spiro atoms. The molecule has 0 aromatic rings. The van der Waals surface area contributed by atoms with Crippen LogP contribution in [-0.2, 0) is 4.74 Å². The van der Waals surface area contributed by atoms with Crippen LogP contribution in [0.3, 0.4) is 0 Å². The van der Waals surface area contributed by atoms with Gasteiger partial charge in [-0.05, 0) is 0 Å². The van der Waals surface area contributed by atoms with E-state index in [0.717, 1.165) is 32.7 Å². The van der Waals surface area contributed by atoms with Crippen molar-refractivity contribution in [3.63, 3.8) is 0 Å². The summed E-state index contributed by atoms with van der Waals surface area (Å²) in [7, 11) is 1.54. The number of carbonyl (C=O) groups is 1. The first-order chi connectivity index (χ1) is 7.33. The van der Waals surface area contributed by atoms with Crippen molar-refractivity contribution in [1.82, 2.24) is 20.9 Å². The summed E-state index contributed by atoms with van der Waals surface area (Å²) in [5.41, 5.74) is 0. The minimum absolute atomic E-state index is 0.174. The summed E-state index contributed by atoms with van der Waals surface area (Å²) >= 11 is 0. The minimum Gasteiger partial charge on any atom is -0.364 e. The van der Waals surface area contributed by atoms with Gasteiger partial charge in [-0.3, -0.25) is 4.90 Å². The van der Waals surface area contributed by atoms with Crippen LogP contribution in [0.4, 0.5) is 4.79 Å². The van der Waals surface area contributed by atoms with E-state index >= 15 is 0 Å². The number of piperazine rings is 1. The Morgan fingerprint density at radius 3 is 2.80 bits per heavy atom. The van der Waals surface area contributed by atoms with Crippen LogP contribution in [0.25, 0.3) is 0 Å². The molecule has 1 heterocycles. The molecule has 0 radical (unpaired) electrons. The molecule has 15 heavy (non-hydrogen) atoms. The largest absolute Gasteiger partial charge is 0.364 e. The molecular formula is C9H20N4O2. The number of hydrogen-bond donors (Lipinski definition) is 3. The number of amides is 2. The van der Waals surface area contributed by atoms with Gasteiger partial charge in [-0.1, -0.05) is 0 Å². The van der Waals surface area contributed by atoms with E-state index in [4.69, 9.17) is 4.74 Å². The highest BCUT2D eigenvalue weighted by Gasteiger charge is 2.08. The van der Waals surface area contributed by atoms with E-state index in [1.54, 1.807) is 7.11 Å². The predicted octanol–water partition coefficient (Wildman–Crippen LogP) is -1.21. The molecule has 1 rings (SSSR count). The summed E-state index contributed by atoms with van der Waals surface area (Å²) in [5.74, 6) is 0. The van der Waals surface area contributed by atoms with Crippen LogP contribution in [0, 0.1) is 0 Å². The van der Waals surface area contributed by atoms with E-state index in [-0.39, 0.29) is 12.8 Å².